The molecule has 0 amide bonds. The van der Waals surface area contributed by atoms with Crippen LogP contribution in [0.5, 0.6) is 0 Å². The Morgan fingerprint density at radius 2 is 0.914 bits per heavy atom. The molecule has 35 heavy (non-hydrogen) atoms. The van der Waals surface area contributed by atoms with Gasteiger partial charge in [0.2, 0.25) is 0 Å². The number of H-pyrrole nitrogens is 1. The summed E-state index contributed by atoms with van der Waals surface area (Å²) in [4.78, 5) is 2.26. The molecule has 0 fully saturated rings. The van der Waals surface area contributed by atoms with Gasteiger partial charge in [-0.25, -0.2) is 0 Å². The molecule has 6 rings (SSSR count). The van der Waals surface area contributed by atoms with E-state index in [4.69, 9.17) is 0 Å². The average molecular weight is 453 g/mol. The van der Waals surface area contributed by atoms with Crippen LogP contribution < -0.4 is 4.90 Å². The molecule has 0 aliphatic carbocycles. The second-order valence-electron chi connectivity index (χ2n) is 8.60. The molecular weight excluding hydrogens is 428 g/mol. The van der Waals surface area contributed by atoms with Crippen LogP contribution in [-0.2, 0) is 0 Å². The van der Waals surface area contributed by atoms with Crippen LogP contribution in [0.1, 0.15) is 5.56 Å². The molecule has 4 heteroatoms. The second kappa shape index (κ2) is 8.92. The molecule has 0 saturated heterocycles. The van der Waals surface area contributed by atoms with Gasteiger partial charge in [0.25, 0.3) is 0 Å². The Labute approximate surface area is 204 Å². The van der Waals surface area contributed by atoms with Crippen molar-refractivity contribution in [1.29, 1.82) is 0 Å². The Morgan fingerprint density at radius 1 is 0.486 bits per heavy atom. The van der Waals surface area contributed by atoms with Gasteiger partial charge in [-0.3, -0.25) is 0 Å². The van der Waals surface area contributed by atoms with E-state index in [2.05, 4.69) is 136 Å². The minimum absolute atomic E-state index is 0.874. The van der Waals surface area contributed by atoms with Crippen molar-refractivity contribution in [3.05, 3.63) is 127 Å². The summed E-state index contributed by atoms with van der Waals surface area (Å²) in [6.07, 6.45) is 0. The van der Waals surface area contributed by atoms with Gasteiger partial charge in [0.05, 0.1) is 0 Å². The van der Waals surface area contributed by atoms with E-state index >= 15 is 0 Å². The quantitative estimate of drug-likeness (QED) is 0.288. The van der Waals surface area contributed by atoms with Crippen molar-refractivity contribution in [2.24, 2.45) is 0 Å². The van der Waals surface area contributed by atoms with E-state index in [1.807, 2.05) is 12.1 Å². The highest BCUT2D eigenvalue weighted by Gasteiger charge is 2.15. The fourth-order valence-electron chi connectivity index (χ4n) is 4.52. The normalized spacial score (nSPS) is 11.0. The summed E-state index contributed by atoms with van der Waals surface area (Å²) in [5.41, 5.74) is 10.7. The van der Waals surface area contributed by atoms with E-state index < -0.39 is 0 Å². The second-order valence-corrected chi connectivity index (χ2v) is 8.60. The summed E-state index contributed by atoms with van der Waals surface area (Å²) in [5, 5.41) is 11.8. The summed E-state index contributed by atoms with van der Waals surface area (Å²) in [5.74, 6) is 0. The Bertz CT molecular complexity index is 1530. The van der Waals surface area contributed by atoms with Crippen molar-refractivity contribution >= 4 is 28.1 Å². The standard InChI is InChI=1S/C31H24N4/c1-22-12-14-23(15-13-22)28-20-21-29(31-30(28)32-34-33-31)24-16-18-27(19-17-24)35(25-8-4-2-5-9-25)26-10-6-3-7-11-26/h2-21H,1H3,(H,32,33,34). The molecule has 0 bridgehead atoms. The van der Waals surface area contributed by atoms with E-state index in [9.17, 15) is 0 Å². The molecule has 0 radical (unpaired) electrons. The predicted molar refractivity (Wildman–Crippen MR) is 144 cm³/mol. The molecule has 0 aliphatic rings. The average Bonchev–Trinajstić information content (AvgIpc) is 3.41. The fourth-order valence-corrected chi connectivity index (χ4v) is 4.52. The number of rotatable bonds is 5. The smallest absolute Gasteiger partial charge is 0.121 e. The van der Waals surface area contributed by atoms with Gasteiger partial charge in [0, 0.05) is 28.2 Å². The molecule has 1 heterocycles. The maximum Gasteiger partial charge on any atom is 0.121 e. The van der Waals surface area contributed by atoms with Crippen molar-refractivity contribution in [1.82, 2.24) is 15.4 Å². The molecule has 0 unspecified atom stereocenters. The monoisotopic (exact) mass is 452 g/mol. The number of fused-ring (bicyclic) bond motifs is 1. The molecule has 168 valence electrons. The molecule has 0 aliphatic heterocycles. The Kier molecular flexibility index (Phi) is 5.32. The van der Waals surface area contributed by atoms with Crippen LogP contribution >= 0.6 is 0 Å². The first kappa shape index (κ1) is 20.9. The lowest BCUT2D eigenvalue weighted by Crippen LogP contribution is -2.09. The molecule has 5 aromatic carbocycles. The van der Waals surface area contributed by atoms with Crippen molar-refractivity contribution in [2.75, 3.05) is 4.90 Å². The Hall–Kier alpha value is -4.70. The van der Waals surface area contributed by atoms with Crippen LogP contribution in [0.3, 0.4) is 0 Å². The van der Waals surface area contributed by atoms with Crippen LogP contribution in [0.25, 0.3) is 33.3 Å². The van der Waals surface area contributed by atoms with Crippen LogP contribution in [0.2, 0.25) is 0 Å². The number of aryl methyl sites for hydroxylation is 1. The third-order valence-corrected chi connectivity index (χ3v) is 6.30. The minimum atomic E-state index is 0.874. The maximum absolute atomic E-state index is 4.50. The number of nitrogens with zero attached hydrogens (tertiary/aromatic N) is 3. The highest BCUT2D eigenvalue weighted by molar-refractivity contribution is 6.00. The van der Waals surface area contributed by atoms with Crippen LogP contribution in [0.4, 0.5) is 17.1 Å². The first-order valence-electron chi connectivity index (χ1n) is 11.7. The number of para-hydroxylation sites is 2. The summed E-state index contributed by atoms with van der Waals surface area (Å²) >= 11 is 0. The van der Waals surface area contributed by atoms with E-state index in [-0.39, 0.29) is 0 Å². The number of aromatic amines is 1. The zero-order valence-electron chi connectivity index (χ0n) is 19.4. The highest BCUT2D eigenvalue weighted by Crippen LogP contribution is 2.37. The molecule has 4 nitrogen and oxygen atoms in total. The van der Waals surface area contributed by atoms with Gasteiger partial charge in [-0.1, -0.05) is 90.5 Å². The first-order valence-corrected chi connectivity index (χ1v) is 11.7. The van der Waals surface area contributed by atoms with Gasteiger partial charge < -0.3 is 4.90 Å². The number of nitrogens with one attached hydrogen (secondary N) is 1. The maximum atomic E-state index is 4.50. The summed E-state index contributed by atoms with van der Waals surface area (Å²) in [6, 6.07) is 42.3. The molecule has 1 N–H and O–H groups in total. The Morgan fingerprint density at radius 3 is 1.40 bits per heavy atom. The number of hydrogen-bond donors (Lipinski definition) is 1. The molecule has 0 saturated carbocycles. The fraction of sp³-hybridized carbons (Fsp3) is 0.0323. The van der Waals surface area contributed by atoms with E-state index in [1.165, 1.54) is 5.56 Å². The number of hydrogen-bond acceptors (Lipinski definition) is 3. The molecular formula is C31H24N4. The number of anilines is 3. The van der Waals surface area contributed by atoms with Gasteiger partial charge in [-0.15, -0.1) is 0 Å². The SMILES string of the molecule is Cc1ccc(-c2ccc(-c3ccc(N(c4ccccc4)c4ccccc4)cc3)c3n[nH]nc23)cc1. The highest BCUT2D eigenvalue weighted by atomic mass is 15.3. The number of aromatic nitrogens is 3. The molecule has 0 spiro atoms. The summed E-state index contributed by atoms with van der Waals surface area (Å²) < 4.78 is 0. The van der Waals surface area contributed by atoms with E-state index in [0.29, 0.717) is 0 Å². The van der Waals surface area contributed by atoms with Gasteiger partial charge in [-0.05, 0) is 54.4 Å². The summed E-state index contributed by atoms with van der Waals surface area (Å²) in [7, 11) is 0. The van der Waals surface area contributed by atoms with Crippen molar-refractivity contribution in [3.8, 4) is 22.3 Å². The lowest BCUT2D eigenvalue weighted by atomic mass is 9.97. The lowest BCUT2D eigenvalue weighted by Gasteiger charge is -2.25. The van der Waals surface area contributed by atoms with Crippen LogP contribution in [-0.4, -0.2) is 15.4 Å². The van der Waals surface area contributed by atoms with E-state index in [1.54, 1.807) is 0 Å². The topological polar surface area (TPSA) is 44.8 Å². The zero-order valence-corrected chi connectivity index (χ0v) is 19.4. The molecule has 6 aromatic rings. The predicted octanol–water partition coefficient (Wildman–Crippen LogP) is 8.07. The largest absolute Gasteiger partial charge is 0.311 e. The minimum Gasteiger partial charge on any atom is -0.311 e. The zero-order chi connectivity index (χ0) is 23.6. The van der Waals surface area contributed by atoms with Crippen LogP contribution in [0.15, 0.2) is 121 Å². The summed E-state index contributed by atoms with van der Waals surface area (Å²) in [6.45, 7) is 2.10. The van der Waals surface area contributed by atoms with Gasteiger partial charge in [-0.2, -0.15) is 15.4 Å². The van der Waals surface area contributed by atoms with Crippen LogP contribution in [0, 0.1) is 6.92 Å². The number of benzene rings is 5. The Balaban J connectivity index is 1.40. The first-order chi connectivity index (χ1) is 17.3. The third kappa shape index (κ3) is 3.96. The van der Waals surface area contributed by atoms with Crippen molar-refractivity contribution in [2.45, 2.75) is 6.92 Å². The third-order valence-electron chi connectivity index (χ3n) is 6.30. The molecule has 1 aromatic heterocycles. The van der Waals surface area contributed by atoms with Gasteiger partial charge in [0.1, 0.15) is 11.0 Å². The van der Waals surface area contributed by atoms with E-state index in [0.717, 1.165) is 50.3 Å². The van der Waals surface area contributed by atoms with Crippen molar-refractivity contribution in [3.63, 3.8) is 0 Å². The van der Waals surface area contributed by atoms with Crippen molar-refractivity contribution < 1.29 is 0 Å². The molecule has 0 atom stereocenters. The van der Waals surface area contributed by atoms with Gasteiger partial charge >= 0.3 is 0 Å². The van der Waals surface area contributed by atoms with Gasteiger partial charge in [0.15, 0.2) is 0 Å². The lowest BCUT2D eigenvalue weighted by molar-refractivity contribution is 0.960.